The molecule has 112 valence electrons. The van der Waals surface area contributed by atoms with Crippen molar-refractivity contribution in [3.05, 3.63) is 59.7 Å². The Hall–Kier alpha value is -2.00. The first-order chi connectivity index (χ1) is 10.2. The van der Waals surface area contributed by atoms with Gasteiger partial charge in [-0.05, 0) is 23.6 Å². The summed E-state index contributed by atoms with van der Waals surface area (Å²) in [7, 11) is 1.66. The number of methoxy groups -OCH3 is 1. The van der Waals surface area contributed by atoms with E-state index in [2.05, 4.69) is 19.9 Å². The van der Waals surface area contributed by atoms with E-state index in [0.29, 0.717) is 12.5 Å². The third kappa shape index (κ3) is 3.56. The van der Waals surface area contributed by atoms with Gasteiger partial charge in [0.25, 0.3) is 0 Å². The number of hydrogen-bond donors (Lipinski definition) is 1. The monoisotopic (exact) mass is 285 g/mol. The highest BCUT2D eigenvalue weighted by atomic mass is 16.5. The van der Waals surface area contributed by atoms with Crippen LogP contribution in [0.4, 0.5) is 0 Å². The molecule has 21 heavy (non-hydrogen) atoms. The fourth-order valence-corrected chi connectivity index (χ4v) is 2.39. The molecule has 2 N–H and O–H groups in total. The third-order valence-corrected chi connectivity index (χ3v) is 3.51. The van der Waals surface area contributed by atoms with Crippen LogP contribution in [0, 0.1) is 0 Å². The lowest BCUT2D eigenvalue weighted by atomic mass is 10.0. The second-order valence-electron chi connectivity index (χ2n) is 5.28. The first kappa shape index (κ1) is 15.4. The van der Waals surface area contributed by atoms with Crippen LogP contribution in [0.2, 0.25) is 0 Å². The smallest absolute Gasteiger partial charge is 0.139 e. The highest BCUT2D eigenvalue weighted by molar-refractivity contribution is 5.39. The van der Waals surface area contributed by atoms with Crippen molar-refractivity contribution in [2.24, 2.45) is 5.73 Å². The Balaban J connectivity index is 2.32. The average Bonchev–Trinajstić information content (AvgIpc) is 2.52. The molecular formula is C18H23NO2. The molecule has 1 atom stereocenters. The van der Waals surface area contributed by atoms with E-state index >= 15 is 0 Å². The van der Waals surface area contributed by atoms with Gasteiger partial charge in [-0.1, -0.05) is 50.2 Å². The van der Waals surface area contributed by atoms with Crippen LogP contribution in [-0.4, -0.2) is 13.7 Å². The molecule has 0 bridgehead atoms. The fourth-order valence-electron chi connectivity index (χ4n) is 2.39. The van der Waals surface area contributed by atoms with Gasteiger partial charge < -0.3 is 15.2 Å². The van der Waals surface area contributed by atoms with Gasteiger partial charge in [-0.25, -0.2) is 0 Å². The Morgan fingerprint density at radius 1 is 0.905 bits per heavy atom. The van der Waals surface area contributed by atoms with Gasteiger partial charge in [-0.3, -0.25) is 0 Å². The van der Waals surface area contributed by atoms with Gasteiger partial charge in [-0.15, -0.1) is 0 Å². The summed E-state index contributed by atoms with van der Waals surface area (Å²) in [5.74, 6) is 2.08. The molecule has 1 unspecified atom stereocenters. The van der Waals surface area contributed by atoms with Gasteiger partial charge in [0.05, 0.1) is 7.11 Å². The SMILES string of the molecule is COc1ccccc1C(CN)Oc1ccccc1C(C)C. The molecule has 0 radical (unpaired) electrons. The van der Waals surface area contributed by atoms with Gasteiger partial charge in [0, 0.05) is 12.1 Å². The predicted molar refractivity (Wildman–Crippen MR) is 85.9 cm³/mol. The van der Waals surface area contributed by atoms with Crippen molar-refractivity contribution in [1.29, 1.82) is 0 Å². The molecule has 0 saturated carbocycles. The van der Waals surface area contributed by atoms with E-state index in [9.17, 15) is 0 Å². The minimum absolute atomic E-state index is 0.221. The number of ether oxygens (including phenoxy) is 2. The summed E-state index contributed by atoms with van der Waals surface area (Å²) in [5, 5.41) is 0. The number of hydrogen-bond acceptors (Lipinski definition) is 3. The van der Waals surface area contributed by atoms with E-state index in [0.717, 1.165) is 17.1 Å². The molecule has 0 saturated heterocycles. The number of para-hydroxylation sites is 2. The van der Waals surface area contributed by atoms with E-state index in [-0.39, 0.29) is 6.10 Å². The summed E-state index contributed by atoms with van der Waals surface area (Å²) in [4.78, 5) is 0. The van der Waals surface area contributed by atoms with Gasteiger partial charge in [0.1, 0.15) is 17.6 Å². The summed E-state index contributed by atoms with van der Waals surface area (Å²) in [6.07, 6.45) is -0.221. The molecule has 0 spiro atoms. The lowest BCUT2D eigenvalue weighted by molar-refractivity contribution is 0.206. The number of nitrogens with two attached hydrogens (primary N) is 1. The predicted octanol–water partition coefficient (Wildman–Crippen LogP) is 3.90. The summed E-state index contributed by atoms with van der Waals surface area (Å²) < 4.78 is 11.6. The Morgan fingerprint density at radius 2 is 1.48 bits per heavy atom. The zero-order chi connectivity index (χ0) is 15.2. The maximum Gasteiger partial charge on any atom is 0.139 e. The van der Waals surface area contributed by atoms with Crippen LogP contribution in [0.1, 0.15) is 37.0 Å². The normalized spacial score (nSPS) is 12.2. The molecule has 0 aliphatic carbocycles. The van der Waals surface area contributed by atoms with Crippen molar-refractivity contribution in [3.8, 4) is 11.5 Å². The quantitative estimate of drug-likeness (QED) is 0.875. The van der Waals surface area contributed by atoms with Crippen molar-refractivity contribution in [2.75, 3.05) is 13.7 Å². The van der Waals surface area contributed by atoms with E-state index < -0.39 is 0 Å². The number of rotatable bonds is 6. The topological polar surface area (TPSA) is 44.5 Å². The second-order valence-corrected chi connectivity index (χ2v) is 5.28. The lowest BCUT2D eigenvalue weighted by Crippen LogP contribution is -2.19. The largest absolute Gasteiger partial charge is 0.496 e. The van der Waals surface area contributed by atoms with Gasteiger partial charge in [-0.2, -0.15) is 0 Å². The highest BCUT2D eigenvalue weighted by Gasteiger charge is 2.18. The zero-order valence-corrected chi connectivity index (χ0v) is 12.9. The molecule has 0 heterocycles. The molecular weight excluding hydrogens is 262 g/mol. The molecule has 3 nitrogen and oxygen atoms in total. The van der Waals surface area contributed by atoms with Crippen LogP contribution in [0.3, 0.4) is 0 Å². The standard InChI is InChI=1S/C18H23NO2/c1-13(2)14-8-4-7-11-17(14)21-18(12-19)15-9-5-6-10-16(15)20-3/h4-11,13,18H,12,19H2,1-3H3. The van der Waals surface area contributed by atoms with Crippen molar-refractivity contribution < 1.29 is 9.47 Å². The van der Waals surface area contributed by atoms with Crippen molar-refractivity contribution in [1.82, 2.24) is 0 Å². The van der Waals surface area contributed by atoms with Crippen molar-refractivity contribution >= 4 is 0 Å². The van der Waals surface area contributed by atoms with Gasteiger partial charge in [0.2, 0.25) is 0 Å². The maximum atomic E-state index is 6.18. The van der Waals surface area contributed by atoms with E-state index in [1.165, 1.54) is 5.56 Å². The van der Waals surface area contributed by atoms with Crippen LogP contribution in [0.25, 0.3) is 0 Å². The van der Waals surface area contributed by atoms with E-state index in [1.807, 2.05) is 42.5 Å². The maximum absolute atomic E-state index is 6.18. The Morgan fingerprint density at radius 3 is 2.05 bits per heavy atom. The van der Waals surface area contributed by atoms with Gasteiger partial charge in [0.15, 0.2) is 0 Å². The van der Waals surface area contributed by atoms with E-state index in [4.69, 9.17) is 15.2 Å². The molecule has 0 aliphatic heterocycles. The van der Waals surface area contributed by atoms with Crippen LogP contribution < -0.4 is 15.2 Å². The summed E-state index contributed by atoms with van der Waals surface area (Å²) >= 11 is 0. The first-order valence-corrected chi connectivity index (χ1v) is 7.26. The van der Waals surface area contributed by atoms with Crippen molar-refractivity contribution in [3.63, 3.8) is 0 Å². The van der Waals surface area contributed by atoms with Gasteiger partial charge >= 0.3 is 0 Å². The molecule has 0 aliphatic rings. The molecule has 3 heteroatoms. The molecule has 2 aromatic carbocycles. The summed E-state index contributed by atoms with van der Waals surface area (Å²) in [6.45, 7) is 4.71. The molecule has 0 amide bonds. The minimum Gasteiger partial charge on any atom is -0.496 e. The van der Waals surface area contributed by atoms with Crippen molar-refractivity contribution in [2.45, 2.75) is 25.9 Å². The van der Waals surface area contributed by atoms with Crippen LogP contribution in [0.5, 0.6) is 11.5 Å². The lowest BCUT2D eigenvalue weighted by Gasteiger charge is -2.22. The summed E-state index contributed by atoms with van der Waals surface area (Å²) in [5.41, 5.74) is 8.08. The fraction of sp³-hybridized carbons (Fsp3) is 0.333. The third-order valence-electron chi connectivity index (χ3n) is 3.51. The average molecular weight is 285 g/mol. The first-order valence-electron chi connectivity index (χ1n) is 7.26. The molecule has 0 fully saturated rings. The molecule has 2 rings (SSSR count). The molecule has 2 aromatic rings. The minimum atomic E-state index is -0.221. The Kier molecular flexibility index (Phi) is 5.23. The highest BCUT2D eigenvalue weighted by Crippen LogP contribution is 2.32. The zero-order valence-electron chi connectivity index (χ0n) is 12.9. The second kappa shape index (κ2) is 7.14. The van der Waals surface area contributed by atoms with Crippen LogP contribution in [-0.2, 0) is 0 Å². The van der Waals surface area contributed by atoms with E-state index in [1.54, 1.807) is 7.11 Å². The van der Waals surface area contributed by atoms with Crippen LogP contribution in [0.15, 0.2) is 48.5 Å². The Labute approximate surface area is 126 Å². The Bertz CT molecular complexity index is 581. The molecule has 0 aromatic heterocycles. The number of benzene rings is 2. The van der Waals surface area contributed by atoms with Crippen LogP contribution >= 0.6 is 0 Å². The summed E-state index contributed by atoms with van der Waals surface area (Å²) in [6, 6.07) is 15.9.